The summed E-state index contributed by atoms with van der Waals surface area (Å²) in [7, 11) is -3.78. The minimum atomic E-state index is -3.78. The molecule has 3 aromatic carbocycles. The van der Waals surface area contributed by atoms with Crippen LogP contribution < -0.4 is 4.31 Å². The van der Waals surface area contributed by atoms with Gasteiger partial charge >= 0.3 is 5.97 Å². The fourth-order valence-corrected chi connectivity index (χ4v) is 7.06. The van der Waals surface area contributed by atoms with Gasteiger partial charge in [-0.15, -0.1) is 11.3 Å². The Balaban J connectivity index is 1.60. The van der Waals surface area contributed by atoms with Crippen molar-refractivity contribution in [3.8, 4) is 0 Å². The zero-order valence-electron chi connectivity index (χ0n) is 18.2. The van der Waals surface area contributed by atoms with Crippen LogP contribution in [0.5, 0.6) is 0 Å². The molecule has 1 aromatic heterocycles. The van der Waals surface area contributed by atoms with Crippen molar-refractivity contribution in [2.45, 2.75) is 21.9 Å². The Bertz CT molecular complexity index is 1480. The highest BCUT2D eigenvalue weighted by Gasteiger charge is 2.22. The monoisotopic (exact) mass is 526 g/mol. The van der Waals surface area contributed by atoms with E-state index >= 15 is 0 Å². The van der Waals surface area contributed by atoms with Gasteiger partial charge in [-0.2, -0.15) is 0 Å². The van der Waals surface area contributed by atoms with E-state index in [0.717, 1.165) is 21.2 Å². The quantitative estimate of drug-likeness (QED) is 0.307. The van der Waals surface area contributed by atoms with Crippen molar-refractivity contribution in [1.82, 2.24) is 0 Å². The molecule has 0 aliphatic rings. The molecule has 0 aliphatic heterocycles. The van der Waals surface area contributed by atoms with Gasteiger partial charge in [-0.25, -0.2) is 13.2 Å². The number of rotatable bonds is 9. The van der Waals surface area contributed by atoms with Crippen LogP contribution in [0.4, 0.5) is 10.7 Å². The summed E-state index contributed by atoms with van der Waals surface area (Å²) >= 11 is -1.83. The Hall–Kier alpha value is -3.31. The Labute approximate surface area is 209 Å². The molecule has 4 rings (SSSR count). The number of aromatic carboxylic acids is 1. The number of nitrogens with zero attached hydrogens (tertiary/aromatic N) is 1. The van der Waals surface area contributed by atoms with E-state index in [0.29, 0.717) is 24.1 Å². The van der Waals surface area contributed by atoms with Crippen LogP contribution in [0.3, 0.4) is 0 Å². The summed E-state index contributed by atoms with van der Waals surface area (Å²) in [5.74, 6) is -0.999. The lowest BCUT2D eigenvalue weighted by Crippen LogP contribution is -2.18. The van der Waals surface area contributed by atoms with Gasteiger partial charge in [0.1, 0.15) is 9.21 Å². The van der Waals surface area contributed by atoms with E-state index in [9.17, 15) is 27.1 Å². The highest BCUT2D eigenvalue weighted by Crippen LogP contribution is 2.37. The molecule has 0 saturated heterocycles. The number of aryl methyl sites for hydroxylation is 2. The Morgan fingerprint density at radius 3 is 2.34 bits per heavy atom. The smallest absolute Gasteiger partial charge is 0.335 e. The summed E-state index contributed by atoms with van der Waals surface area (Å²) in [5, 5.41) is 9.62. The van der Waals surface area contributed by atoms with Crippen LogP contribution in [-0.4, -0.2) is 28.3 Å². The van der Waals surface area contributed by atoms with Crippen LogP contribution >= 0.6 is 11.3 Å². The first-order chi connectivity index (χ1) is 16.8. The fourth-order valence-electron chi connectivity index (χ4n) is 3.63. The van der Waals surface area contributed by atoms with Crippen molar-refractivity contribution in [2.75, 3.05) is 4.31 Å². The largest absolute Gasteiger partial charge is 0.755 e. The summed E-state index contributed by atoms with van der Waals surface area (Å²) in [6, 6.07) is 24.4. The van der Waals surface area contributed by atoms with Gasteiger partial charge in [-0.3, -0.25) is 8.51 Å². The molecule has 0 spiro atoms. The maximum absolute atomic E-state index is 12.9. The van der Waals surface area contributed by atoms with Gasteiger partial charge in [0, 0.05) is 0 Å². The maximum atomic E-state index is 12.9. The van der Waals surface area contributed by atoms with E-state index in [1.54, 1.807) is 60.7 Å². The standard InChI is InChI=1S/C25H21NO6S3/c27-25(28)22-12-5-4-8-19(22)14-13-18-7-6-9-20(17-18)26(34(29)30)23-15-16-24(33-23)35(31,32)21-10-2-1-3-11-21/h1-12,15-17H,13-14H2,(H,27,28)(H,29,30)/p-1. The molecule has 180 valence electrons. The van der Waals surface area contributed by atoms with Gasteiger partial charge in [0.25, 0.3) is 0 Å². The van der Waals surface area contributed by atoms with Gasteiger partial charge in [-0.05, 0) is 66.4 Å². The van der Waals surface area contributed by atoms with Gasteiger partial charge in [0.2, 0.25) is 9.84 Å². The molecule has 10 heteroatoms. The minimum absolute atomic E-state index is 0.0376. The average molecular weight is 527 g/mol. The number of thiophene rings is 1. The van der Waals surface area contributed by atoms with E-state index in [1.165, 1.54) is 24.3 Å². The lowest BCUT2D eigenvalue weighted by Gasteiger charge is -2.25. The molecule has 0 amide bonds. The molecule has 0 radical (unpaired) electrons. The van der Waals surface area contributed by atoms with E-state index < -0.39 is 27.1 Å². The zero-order chi connectivity index (χ0) is 25.0. The number of benzene rings is 3. The maximum Gasteiger partial charge on any atom is 0.335 e. The second-order valence-electron chi connectivity index (χ2n) is 7.55. The molecule has 0 fully saturated rings. The van der Waals surface area contributed by atoms with Crippen molar-refractivity contribution >= 4 is 49.1 Å². The highest BCUT2D eigenvalue weighted by molar-refractivity contribution is 7.93. The fraction of sp³-hybridized carbons (Fsp3) is 0.0800. The summed E-state index contributed by atoms with van der Waals surface area (Å²) in [6.07, 6.45) is 0.959. The third-order valence-electron chi connectivity index (χ3n) is 5.31. The third-order valence-corrected chi connectivity index (χ3v) is 9.46. The SMILES string of the molecule is O=C(O)c1ccccc1CCc1cccc(N(c2ccc(S(=O)(=O)c3ccccc3)s2)S(=O)[O-])c1. The topological polar surface area (TPSA) is 115 Å². The molecule has 0 saturated carbocycles. The molecule has 0 aliphatic carbocycles. The molecule has 35 heavy (non-hydrogen) atoms. The van der Waals surface area contributed by atoms with Crippen LogP contribution in [0.1, 0.15) is 21.5 Å². The van der Waals surface area contributed by atoms with Gasteiger partial charge in [0.15, 0.2) is 0 Å². The number of hydrogen-bond donors (Lipinski definition) is 1. The molecule has 7 nitrogen and oxygen atoms in total. The zero-order valence-corrected chi connectivity index (χ0v) is 20.7. The highest BCUT2D eigenvalue weighted by atomic mass is 32.2. The summed E-state index contributed by atoms with van der Waals surface area (Å²) in [6.45, 7) is 0. The molecule has 1 heterocycles. The minimum Gasteiger partial charge on any atom is -0.755 e. The number of anilines is 2. The van der Waals surface area contributed by atoms with Crippen molar-refractivity contribution in [1.29, 1.82) is 0 Å². The molecular weight excluding hydrogens is 506 g/mol. The van der Waals surface area contributed by atoms with Crippen LogP contribution in [0.2, 0.25) is 0 Å². The molecule has 1 N–H and O–H groups in total. The summed E-state index contributed by atoms with van der Waals surface area (Å²) in [4.78, 5) is 11.6. The van der Waals surface area contributed by atoms with Crippen LogP contribution in [-0.2, 0) is 33.9 Å². The third kappa shape index (κ3) is 5.51. The van der Waals surface area contributed by atoms with Crippen LogP contribution in [0.25, 0.3) is 0 Å². The van der Waals surface area contributed by atoms with Crippen molar-refractivity contribution in [2.24, 2.45) is 0 Å². The van der Waals surface area contributed by atoms with Gasteiger partial charge in [-0.1, -0.05) is 48.5 Å². The first-order valence-corrected chi connectivity index (χ1v) is 13.8. The number of carbonyl (C=O) groups is 1. The first kappa shape index (κ1) is 24.8. The van der Waals surface area contributed by atoms with E-state index in [1.807, 2.05) is 6.07 Å². The van der Waals surface area contributed by atoms with Crippen LogP contribution in [0.15, 0.2) is 100 Å². The molecule has 1 atom stereocenters. The molecular formula is C25H20NO6S3-. The summed E-state index contributed by atoms with van der Waals surface area (Å²) < 4.78 is 51.2. The first-order valence-electron chi connectivity index (χ1n) is 10.5. The van der Waals surface area contributed by atoms with Crippen molar-refractivity contribution < 1.29 is 27.1 Å². The molecule has 4 aromatic rings. The second-order valence-corrected chi connectivity index (χ2v) is 11.6. The predicted molar refractivity (Wildman–Crippen MR) is 135 cm³/mol. The van der Waals surface area contributed by atoms with Gasteiger partial charge in [0.05, 0.1) is 27.4 Å². The predicted octanol–water partition coefficient (Wildman–Crippen LogP) is 5.00. The Kier molecular flexibility index (Phi) is 7.46. The lowest BCUT2D eigenvalue weighted by molar-refractivity contribution is 0.0695. The van der Waals surface area contributed by atoms with E-state index in [2.05, 4.69) is 0 Å². The van der Waals surface area contributed by atoms with Crippen molar-refractivity contribution in [3.63, 3.8) is 0 Å². The molecule has 1 unspecified atom stereocenters. The normalized spacial score (nSPS) is 12.3. The Morgan fingerprint density at radius 2 is 1.63 bits per heavy atom. The van der Waals surface area contributed by atoms with Crippen LogP contribution in [0, 0.1) is 0 Å². The number of hydrogen-bond acceptors (Lipinski definition) is 6. The number of carboxylic acid groups (broad SMARTS) is 1. The average Bonchev–Trinajstić information content (AvgIpc) is 3.34. The van der Waals surface area contributed by atoms with Crippen molar-refractivity contribution in [3.05, 3.63) is 108 Å². The Morgan fingerprint density at radius 1 is 0.914 bits per heavy atom. The molecule has 0 bridgehead atoms. The summed E-state index contributed by atoms with van der Waals surface area (Å²) in [5.41, 5.74) is 2.08. The second kappa shape index (κ2) is 10.5. The van der Waals surface area contributed by atoms with E-state index in [-0.39, 0.29) is 19.7 Å². The van der Waals surface area contributed by atoms with E-state index in [4.69, 9.17) is 0 Å². The van der Waals surface area contributed by atoms with Gasteiger partial charge < -0.3 is 9.66 Å². The number of sulfone groups is 1. The number of carboxylic acids is 1. The lowest BCUT2D eigenvalue weighted by atomic mass is 9.99.